The highest BCUT2D eigenvalue weighted by atomic mass is 15.2. The first-order chi connectivity index (χ1) is 9.71. The quantitative estimate of drug-likeness (QED) is 0.702. The second kappa shape index (κ2) is 9.56. The second-order valence-electron chi connectivity index (χ2n) is 5.28. The summed E-state index contributed by atoms with van der Waals surface area (Å²) in [6.45, 7) is 11.7. The van der Waals surface area contributed by atoms with Crippen molar-refractivity contribution < 1.29 is 0 Å². The average Bonchev–Trinajstić information content (AvgIpc) is 2.44. The van der Waals surface area contributed by atoms with E-state index in [0.29, 0.717) is 0 Å². The standard InChI is InChI=1S/C16H30N4/c1-5-8-11-20(12-9-6-2)16-13-15(17-10-7-3)18-14(4)19-16/h13H,5-12H2,1-4H3,(H,17,18,19). The molecule has 1 aromatic rings. The first kappa shape index (κ1) is 16.7. The van der Waals surface area contributed by atoms with Gasteiger partial charge in [-0.15, -0.1) is 0 Å². The van der Waals surface area contributed by atoms with Crippen molar-refractivity contribution in [2.75, 3.05) is 29.9 Å². The molecular weight excluding hydrogens is 248 g/mol. The third kappa shape index (κ3) is 5.76. The fraction of sp³-hybridized carbons (Fsp3) is 0.750. The summed E-state index contributed by atoms with van der Waals surface area (Å²) in [5.41, 5.74) is 0. The van der Waals surface area contributed by atoms with E-state index < -0.39 is 0 Å². The van der Waals surface area contributed by atoms with Gasteiger partial charge in [0.25, 0.3) is 0 Å². The molecule has 0 unspecified atom stereocenters. The van der Waals surface area contributed by atoms with E-state index in [-0.39, 0.29) is 0 Å². The van der Waals surface area contributed by atoms with Crippen LogP contribution in [0, 0.1) is 6.92 Å². The Hall–Kier alpha value is -1.32. The number of hydrogen-bond acceptors (Lipinski definition) is 4. The number of anilines is 2. The summed E-state index contributed by atoms with van der Waals surface area (Å²) >= 11 is 0. The molecular formula is C16H30N4. The molecule has 0 aliphatic rings. The molecule has 0 aliphatic heterocycles. The van der Waals surface area contributed by atoms with Crippen molar-refractivity contribution in [3.05, 3.63) is 11.9 Å². The van der Waals surface area contributed by atoms with Gasteiger partial charge in [0.2, 0.25) is 0 Å². The highest BCUT2D eigenvalue weighted by Crippen LogP contribution is 2.17. The number of aromatic nitrogens is 2. The van der Waals surface area contributed by atoms with Crippen molar-refractivity contribution in [3.63, 3.8) is 0 Å². The van der Waals surface area contributed by atoms with Crippen LogP contribution in [0.25, 0.3) is 0 Å². The van der Waals surface area contributed by atoms with Crippen molar-refractivity contribution in [2.45, 2.75) is 59.8 Å². The summed E-state index contributed by atoms with van der Waals surface area (Å²) in [7, 11) is 0. The monoisotopic (exact) mass is 278 g/mol. The van der Waals surface area contributed by atoms with E-state index in [9.17, 15) is 0 Å². The molecule has 0 amide bonds. The number of nitrogens with one attached hydrogen (secondary N) is 1. The van der Waals surface area contributed by atoms with Gasteiger partial charge < -0.3 is 10.2 Å². The second-order valence-corrected chi connectivity index (χ2v) is 5.28. The van der Waals surface area contributed by atoms with Crippen molar-refractivity contribution in [3.8, 4) is 0 Å². The number of unbranched alkanes of at least 4 members (excludes halogenated alkanes) is 2. The molecule has 1 rings (SSSR count). The Morgan fingerprint density at radius 3 is 2.20 bits per heavy atom. The minimum atomic E-state index is 0.846. The molecule has 114 valence electrons. The van der Waals surface area contributed by atoms with Crippen LogP contribution in [0.2, 0.25) is 0 Å². The lowest BCUT2D eigenvalue weighted by atomic mass is 10.2. The van der Waals surface area contributed by atoms with Crippen molar-refractivity contribution >= 4 is 11.6 Å². The Labute approximate surface area is 124 Å². The smallest absolute Gasteiger partial charge is 0.134 e. The minimum absolute atomic E-state index is 0.846. The maximum Gasteiger partial charge on any atom is 0.134 e. The summed E-state index contributed by atoms with van der Waals surface area (Å²) in [6.07, 6.45) is 5.96. The molecule has 1 aromatic heterocycles. The Bertz CT molecular complexity index is 371. The lowest BCUT2D eigenvalue weighted by molar-refractivity contribution is 0.669. The van der Waals surface area contributed by atoms with Crippen LogP contribution < -0.4 is 10.2 Å². The van der Waals surface area contributed by atoms with Gasteiger partial charge in [-0.3, -0.25) is 0 Å². The fourth-order valence-corrected chi connectivity index (χ4v) is 2.10. The normalized spacial score (nSPS) is 10.6. The zero-order chi connectivity index (χ0) is 14.8. The Kier molecular flexibility index (Phi) is 8.00. The predicted octanol–water partition coefficient (Wildman–Crippen LogP) is 4.01. The lowest BCUT2D eigenvalue weighted by Gasteiger charge is -2.24. The average molecular weight is 278 g/mol. The van der Waals surface area contributed by atoms with Crippen molar-refractivity contribution in [1.29, 1.82) is 0 Å². The van der Waals surface area contributed by atoms with E-state index in [1.54, 1.807) is 0 Å². The molecule has 0 saturated heterocycles. The van der Waals surface area contributed by atoms with Crippen LogP contribution in [-0.2, 0) is 0 Å². The Balaban J connectivity index is 2.83. The van der Waals surface area contributed by atoms with Crippen LogP contribution in [0.1, 0.15) is 58.7 Å². The molecule has 20 heavy (non-hydrogen) atoms. The van der Waals surface area contributed by atoms with Crippen LogP contribution in [0.5, 0.6) is 0 Å². The first-order valence-corrected chi connectivity index (χ1v) is 8.05. The van der Waals surface area contributed by atoms with Gasteiger partial charge in [-0.2, -0.15) is 0 Å². The maximum absolute atomic E-state index is 4.62. The van der Waals surface area contributed by atoms with E-state index in [1.165, 1.54) is 25.7 Å². The van der Waals surface area contributed by atoms with Gasteiger partial charge in [0, 0.05) is 25.7 Å². The summed E-state index contributed by atoms with van der Waals surface area (Å²) in [4.78, 5) is 11.5. The van der Waals surface area contributed by atoms with Gasteiger partial charge in [-0.1, -0.05) is 33.6 Å². The van der Waals surface area contributed by atoms with Gasteiger partial charge in [0.1, 0.15) is 17.5 Å². The SMILES string of the molecule is CCCCN(CCCC)c1cc(NCCC)nc(C)n1. The number of hydrogen-bond donors (Lipinski definition) is 1. The molecule has 4 heteroatoms. The van der Waals surface area contributed by atoms with Crippen LogP contribution in [0.4, 0.5) is 11.6 Å². The molecule has 0 fully saturated rings. The number of nitrogens with zero attached hydrogens (tertiary/aromatic N) is 3. The molecule has 0 aromatic carbocycles. The van der Waals surface area contributed by atoms with Crippen LogP contribution in [0.15, 0.2) is 6.07 Å². The van der Waals surface area contributed by atoms with Crippen LogP contribution >= 0.6 is 0 Å². The van der Waals surface area contributed by atoms with E-state index in [4.69, 9.17) is 0 Å². The first-order valence-electron chi connectivity index (χ1n) is 8.05. The van der Waals surface area contributed by atoms with Crippen LogP contribution in [0.3, 0.4) is 0 Å². The van der Waals surface area contributed by atoms with Gasteiger partial charge in [-0.05, 0) is 26.2 Å². The van der Waals surface area contributed by atoms with Gasteiger partial charge in [0.05, 0.1) is 0 Å². The Morgan fingerprint density at radius 2 is 1.65 bits per heavy atom. The molecule has 1 N–H and O–H groups in total. The van der Waals surface area contributed by atoms with E-state index in [0.717, 1.165) is 43.5 Å². The van der Waals surface area contributed by atoms with Gasteiger partial charge in [-0.25, -0.2) is 9.97 Å². The molecule has 0 aliphatic carbocycles. The number of rotatable bonds is 10. The van der Waals surface area contributed by atoms with Crippen LogP contribution in [-0.4, -0.2) is 29.6 Å². The Morgan fingerprint density at radius 1 is 1.00 bits per heavy atom. The minimum Gasteiger partial charge on any atom is -0.370 e. The summed E-state index contributed by atoms with van der Waals surface area (Å²) in [5, 5.41) is 3.36. The summed E-state index contributed by atoms with van der Waals surface area (Å²) in [5.74, 6) is 2.87. The van der Waals surface area contributed by atoms with Crippen molar-refractivity contribution in [2.24, 2.45) is 0 Å². The molecule has 0 spiro atoms. The zero-order valence-electron chi connectivity index (χ0n) is 13.6. The highest BCUT2D eigenvalue weighted by Gasteiger charge is 2.09. The molecule has 0 radical (unpaired) electrons. The molecule has 0 saturated carbocycles. The molecule has 0 bridgehead atoms. The fourth-order valence-electron chi connectivity index (χ4n) is 2.10. The number of aryl methyl sites for hydroxylation is 1. The highest BCUT2D eigenvalue weighted by molar-refractivity contribution is 5.49. The van der Waals surface area contributed by atoms with E-state index >= 15 is 0 Å². The summed E-state index contributed by atoms with van der Waals surface area (Å²) in [6, 6.07) is 2.09. The predicted molar refractivity (Wildman–Crippen MR) is 87.6 cm³/mol. The van der Waals surface area contributed by atoms with E-state index in [1.807, 2.05) is 6.92 Å². The van der Waals surface area contributed by atoms with Gasteiger partial charge >= 0.3 is 0 Å². The third-order valence-corrected chi connectivity index (χ3v) is 3.27. The van der Waals surface area contributed by atoms with Crippen molar-refractivity contribution in [1.82, 2.24) is 9.97 Å². The van der Waals surface area contributed by atoms with Gasteiger partial charge in [0.15, 0.2) is 0 Å². The maximum atomic E-state index is 4.62. The molecule has 1 heterocycles. The molecule has 4 nitrogen and oxygen atoms in total. The third-order valence-electron chi connectivity index (χ3n) is 3.27. The largest absolute Gasteiger partial charge is 0.370 e. The zero-order valence-corrected chi connectivity index (χ0v) is 13.6. The van der Waals surface area contributed by atoms with E-state index in [2.05, 4.69) is 47.0 Å². The summed E-state index contributed by atoms with van der Waals surface area (Å²) < 4.78 is 0. The topological polar surface area (TPSA) is 41.0 Å². The molecule has 0 atom stereocenters. The lowest BCUT2D eigenvalue weighted by Crippen LogP contribution is -2.27.